The molecule has 0 radical (unpaired) electrons. The minimum absolute atomic E-state index is 0.109. The Kier molecular flexibility index (Phi) is 5.43. The molecule has 0 aliphatic heterocycles. The lowest BCUT2D eigenvalue weighted by molar-refractivity contribution is -0.385. The highest BCUT2D eigenvalue weighted by atomic mass is 16.6. The van der Waals surface area contributed by atoms with Crippen LogP contribution in [-0.2, 0) is 11.3 Å². The zero-order valence-electron chi connectivity index (χ0n) is 10.9. The van der Waals surface area contributed by atoms with Crippen LogP contribution in [0.4, 0.5) is 5.69 Å². The Hall–Kier alpha value is -1.96. The van der Waals surface area contributed by atoms with Gasteiger partial charge >= 0.3 is 5.69 Å². The van der Waals surface area contributed by atoms with Crippen LogP contribution in [0, 0.1) is 16.0 Å². The molecule has 1 heterocycles. The lowest BCUT2D eigenvalue weighted by atomic mass is 10.0. The molecule has 1 amide bonds. The van der Waals surface area contributed by atoms with Crippen molar-refractivity contribution in [1.82, 2.24) is 15.1 Å². The number of carbonyl (C=O) groups is 1. The van der Waals surface area contributed by atoms with E-state index in [9.17, 15) is 14.9 Å². The van der Waals surface area contributed by atoms with Gasteiger partial charge < -0.3 is 10.4 Å². The number of amides is 1. The highest BCUT2D eigenvalue weighted by Crippen LogP contribution is 2.08. The smallest absolute Gasteiger partial charge is 0.307 e. The molecule has 0 bridgehead atoms. The van der Waals surface area contributed by atoms with Gasteiger partial charge in [-0.2, -0.15) is 5.10 Å². The molecule has 0 aromatic carbocycles. The van der Waals surface area contributed by atoms with E-state index in [-0.39, 0.29) is 30.8 Å². The van der Waals surface area contributed by atoms with E-state index in [0.717, 1.165) is 6.20 Å². The topological polar surface area (TPSA) is 110 Å². The van der Waals surface area contributed by atoms with Gasteiger partial charge in [0.15, 0.2) is 0 Å². The molecule has 0 fully saturated rings. The molecule has 8 heteroatoms. The number of carbonyl (C=O) groups excluding carboxylic acids is 1. The summed E-state index contributed by atoms with van der Waals surface area (Å²) in [6.45, 7) is 3.74. The molecule has 0 spiro atoms. The average Bonchev–Trinajstić information content (AvgIpc) is 2.75. The zero-order valence-corrected chi connectivity index (χ0v) is 10.9. The lowest BCUT2D eigenvalue weighted by Gasteiger charge is -2.18. The molecule has 1 atom stereocenters. The van der Waals surface area contributed by atoms with Gasteiger partial charge in [0.2, 0.25) is 5.91 Å². The third-order valence-corrected chi connectivity index (χ3v) is 2.48. The fourth-order valence-corrected chi connectivity index (χ4v) is 1.70. The molecule has 0 aliphatic rings. The first-order chi connectivity index (χ1) is 8.92. The van der Waals surface area contributed by atoms with Crippen LogP contribution in [0.3, 0.4) is 0 Å². The molecule has 1 unspecified atom stereocenters. The Morgan fingerprint density at radius 1 is 1.63 bits per heavy atom. The Bertz CT molecular complexity index is 444. The molecule has 0 saturated heterocycles. The third kappa shape index (κ3) is 5.04. The van der Waals surface area contributed by atoms with Crippen molar-refractivity contribution in [3.05, 3.63) is 22.5 Å². The first-order valence-electron chi connectivity index (χ1n) is 5.99. The van der Waals surface area contributed by atoms with Crippen LogP contribution in [0.5, 0.6) is 0 Å². The van der Waals surface area contributed by atoms with Gasteiger partial charge in [0.1, 0.15) is 18.9 Å². The maximum Gasteiger partial charge on any atom is 0.307 e. The van der Waals surface area contributed by atoms with E-state index in [1.165, 1.54) is 10.9 Å². The second-order valence-electron chi connectivity index (χ2n) is 4.73. The van der Waals surface area contributed by atoms with E-state index in [0.29, 0.717) is 12.3 Å². The largest absolute Gasteiger partial charge is 0.394 e. The van der Waals surface area contributed by atoms with Gasteiger partial charge in [0.25, 0.3) is 0 Å². The summed E-state index contributed by atoms with van der Waals surface area (Å²) in [5.41, 5.74) is -0.159. The highest BCUT2D eigenvalue weighted by molar-refractivity contribution is 5.76. The number of aliphatic hydroxyl groups is 1. The van der Waals surface area contributed by atoms with Crippen LogP contribution in [0.25, 0.3) is 0 Å². The van der Waals surface area contributed by atoms with E-state index < -0.39 is 4.92 Å². The molecule has 106 valence electrons. The van der Waals surface area contributed by atoms with Crippen molar-refractivity contribution in [2.45, 2.75) is 32.9 Å². The van der Waals surface area contributed by atoms with Gasteiger partial charge in [-0.15, -0.1) is 0 Å². The number of rotatable bonds is 7. The second kappa shape index (κ2) is 6.83. The van der Waals surface area contributed by atoms with E-state index in [1.54, 1.807) is 0 Å². The lowest BCUT2D eigenvalue weighted by Crippen LogP contribution is -2.40. The van der Waals surface area contributed by atoms with Gasteiger partial charge in [0.05, 0.1) is 17.6 Å². The zero-order chi connectivity index (χ0) is 14.4. The summed E-state index contributed by atoms with van der Waals surface area (Å²) in [6.07, 6.45) is 2.95. The van der Waals surface area contributed by atoms with Gasteiger partial charge in [-0.1, -0.05) is 13.8 Å². The first kappa shape index (κ1) is 15.1. The summed E-state index contributed by atoms with van der Waals surface area (Å²) >= 11 is 0. The normalized spacial score (nSPS) is 12.4. The summed E-state index contributed by atoms with van der Waals surface area (Å²) in [4.78, 5) is 21.6. The molecule has 8 nitrogen and oxygen atoms in total. The van der Waals surface area contributed by atoms with E-state index in [2.05, 4.69) is 10.4 Å². The average molecular weight is 270 g/mol. The van der Waals surface area contributed by atoms with Crippen LogP contribution in [0.1, 0.15) is 20.3 Å². The number of hydrogen-bond acceptors (Lipinski definition) is 5. The molecule has 0 aliphatic carbocycles. The van der Waals surface area contributed by atoms with Crippen LogP contribution >= 0.6 is 0 Å². The van der Waals surface area contributed by atoms with Crippen LogP contribution in [0.15, 0.2) is 12.4 Å². The molecule has 0 saturated carbocycles. The number of nitrogens with zero attached hydrogens (tertiary/aromatic N) is 3. The van der Waals surface area contributed by atoms with Gasteiger partial charge in [-0.3, -0.25) is 19.6 Å². The standard InChI is InChI=1S/C11H18N4O4/c1-8(2)3-9(7-16)13-11(17)6-14-5-10(4-12-14)15(18)19/h4-5,8-9,16H,3,6-7H2,1-2H3,(H,13,17). The van der Waals surface area contributed by atoms with E-state index in [4.69, 9.17) is 5.11 Å². The molecule has 1 rings (SSSR count). The fourth-order valence-electron chi connectivity index (χ4n) is 1.70. The van der Waals surface area contributed by atoms with E-state index in [1.807, 2.05) is 13.8 Å². The van der Waals surface area contributed by atoms with Crippen molar-refractivity contribution in [3.63, 3.8) is 0 Å². The van der Waals surface area contributed by atoms with Crippen LogP contribution in [-0.4, -0.2) is 38.4 Å². The fraction of sp³-hybridized carbons (Fsp3) is 0.636. The maximum absolute atomic E-state index is 11.7. The highest BCUT2D eigenvalue weighted by Gasteiger charge is 2.15. The predicted octanol–water partition coefficient (Wildman–Crippen LogP) is 0.314. The molecule has 1 aromatic rings. The van der Waals surface area contributed by atoms with Gasteiger partial charge in [-0.25, -0.2) is 0 Å². The van der Waals surface area contributed by atoms with Gasteiger partial charge in [-0.05, 0) is 12.3 Å². The van der Waals surface area contributed by atoms with Crippen molar-refractivity contribution in [2.75, 3.05) is 6.61 Å². The Labute approximate surface area is 110 Å². The Morgan fingerprint density at radius 2 is 2.32 bits per heavy atom. The number of nitrogens with one attached hydrogen (secondary N) is 1. The summed E-state index contributed by atoms with van der Waals surface area (Å²) in [5.74, 6) is 0.0148. The second-order valence-corrected chi connectivity index (χ2v) is 4.73. The number of hydrogen-bond donors (Lipinski definition) is 2. The van der Waals surface area contributed by atoms with Crippen LogP contribution in [0.2, 0.25) is 0 Å². The molecule has 1 aromatic heterocycles. The molecular weight excluding hydrogens is 252 g/mol. The Morgan fingerprint density at radius 3 is 2.79 bits per heavy atom. The number of aromatic nitrogens is 2. The van der Waals surface area contributed by atoms with Crippen LogP contribution < -0.4 is 5.32 Å². The monoisotopic (exact) mass is 270 g/mol. The summed E-state index contributed by atoms with van der Waals surface area (Å²) in [5, 5.41) is 26.0. The molecular formula is C11H18N4O4. The van der Waals surface area contributed by atoms with Crippen molar-refractivity contribution in [3.8, 4) is 0 Å². The van der Waals surface area contributed by atoms with E-state index >= 15 is 0 Å². The van der Waals surface area contributed by atoms with Crippen molar-refractivity contribution in [1.29, 1.82) is 0 Å². The molecule has 19 heavy (non-hydrogen) atoms. The quantitative estimate of drug-likeness (QED) is 0.547. The van der Waals surface area contributed by atoms with Crippen molar-refractivity contribution in [2.24, 2.45) is 5.92 Å². The summed E-state index contributed by atoms with van der Waals surface area (Å²) in [7, 11) is 0. The summed E-state index contributed by atoms with van der Waals surface area (Å²) < 4.78 is 1.19. The summed E-state index contributed by atoms with van der Waals surface area (Å²) in [6, 6.07) is -0.307. The minimum Gasteiger partial charge on any atom is -0.394 e. The molecule has 2 N–H and O–H groups in total. The number of aliphatic hydroxyl groups excluding tert-OH is 1. The maximum atomic E-state index is 11.7. The predicted molar refractivity (Wildman–Crippen MR) is 67.4 cm³/mol. The SMILES string of the molecule is CC(C)CC(CO)NC(=O)Cn1cc([N+](=O)[O-])cn1. The Balaban J connectivity index is 2.51. The minimum atomic E-state index is -0.573. The number of nitro groups is 1. The van der Waals surface area contributed by atoms with Crippen molar-refractivity contribution < 1.29 is 14.8 Å². The third-order valence-electron chi connectivity index (χ3n) is 2.48. The van der Waals surface area contributed by atoms with Crippen molar-refractivity contribution >= 4 is 11.6 Å². The first-order valence-corrected chi connectivity index (χ1v) is 5.99. The van der Waals surface area contributed by atoms with Gasteiger partial charge in [0, 0.05) is 0 Å².